The van der Waals surface area contributed by atoms with Crippen LogP contribution in [0.25, 0.3) is 16.9 Å². The first-order valence-electron chi connectivity index (χ1n) is 13.4. The molecule has 3 aromatic rings. The molecule has 1 fully saturated rings. The lowest BCUT2D eigenvalue weighted by atomic mass is 9.86. The normalized spacial score (nSPS) is 17.8. The van der Waals surface area contributed by atoms with Gasteiger partial charge in [0.2, 0.25) is 0 Å². The van der Waals surface area contributed by atoms with Gasteiger partial charge in [-0.15, -0.1) is 0 Å². The van der Waals surface area contributed by atoms with Gasteiger partial charge in [-0.3, -0.25) is 4.90 Å². The molecular weight excluding hydrogens is 481 g/mol. The number of nitrogens with one attached hydrogen (secondary N) is 1. The minimum absolute atomic E-state index is 0.0736. The Balaban J connectivity index is 1.74. The molecule has 38 heavy (non-hydrogen) atoms. The van der Waals surface area contributed by atoms with Gasteiger partial charge < -0.3 is 15.8 Å². The summed E-state index contributed by atoms with van der Waals surface area (Å²) >= 11 is 0. The molecule has 2 aliphatic rings. The number of anilines is 1. The summed E-state index contributed by atoms with van der Waals surface area (Å²) in [5, 5.41) is 7.71. The molecule has 0 aliphatic carbocycles. The minimum Gasteiger partial charge on any atom is -0.380 e. The number of amides is 2. The third-order valence-corrected chi connectivity index (χ3v) is 8.18. The zero-order valence-electron chi connectivity index (χ0n) is 23.2. The van der Waals surface area contributed by atoms with E-state index in [1.54, 1.807) is 6.07 Å². The third kappa shape index (κ3) is 4.29. The second-order valence-corrected chi connectivity index (χ2v) is 11.6. The first-order chi connectivity index (χ1) is 18.0. The Bertz CT molecular complexity index is 1380. The molecule has 7 nitrogen and oxygen atoms in total. The summed E-state index contributed by atoms with van der Waals surface area (Å²) in [6, 6.07) is 8.75. The van der Waals surface area contributed by atoms with Gasteiger partial charge in [0.05, 0.1) is 41.5 Å². The second kappa shape index (κ2) is 9.50. The van der Waals surface area contributed by atoms with Crippen molar-refractivity contribution in [3.05, 3.63) is 64.1 Å². The number of rotatable bonds is 7. The molecule has 0 unspecified atom stereocenters. The highest BCUT2D eigenvalue weighted by Crippen LogP contribution is 2.47. The van der Waals surface area contributed by atoms with Gasteiger partial charge in [0.1, 0.15) is 5.82 Å². The summed E-state index contributed by atoms with van der Waals surface area (Å²) in [7, 11) is 0. The van der Waals surface area contributed by atoms with Crippen LogP contribution in [0.2, 0.25) is 0 Å². The first-order valence-corrected chi connectivity index (χ1v) is 13.4. The molecule has 0 radical (unpaired) electrons. The SMILES string of the molecule is CCc1cccc(CC)c1-n1nc2c(c1-c1cc(F)c(NC(N)=O)cc1C)CN(CC1(C)COC1)C2(C)C. The Morgan fingerprint density at radius 3 is 2.37 bits per heavy atom. The Kier molecular flexibility index (Phi) is 6.60. The molecule has 3 heterocycles. The zero-order chi connectivity index (χ0) is 27.4. The van der Waals surface area contributed by atoms with Crippen LogP contribution in [-0.2, 0) is 29.7 Å². The summed E-state index contributed by atoms with van der Waals surface area (Å²) in [5.41, 5.74) is 13.3. The number of hydrogen-bond acceptors (Lipinski definition) is 4. The average molecular weight is 520 g/mol. The predicted molar refractivity (Wildman–Crippen MR) is 148 cm³/mol. The molecule has 8 heteroatoms. The van der Waals surface area contributed by atoms with E-state index < -0.39 is 11.8 Å². The number of primary amides is 1. The number of benzene rings is 2. The number of urea groups is 1. The van der Waals surface area contributed by atoms with Crippen molar-refractivity contribution in [3.8, 4) is 16.9 Å². The number of carbonyl (C=O) groups is 1. The van der Waals surface area contributed by atoms with Gasteiger partial charge in [0.25, 0.3) is 0 Å². The van der Waals surface area contributed by atoms with Gasteiger partial charge in [-0.2, -0.15) is 5.10 Å². The van der Waals surface area contributed by atoms with E-state index >= 15 is 4.39 Å². The second-order valence-electron chi connectivity index (χ2n) is 11.6. The fourth-order valence-electron chi connectivity index (χ4n) is 5.98. The van der Waals surface area contributed by atoms with E-state index in [0.717, 1.165) is 66.4 Å². The number of fused-ring (bicyclic) bond motifs is 1. The molecule has 202 valence electrons. The molecule has 2 aromatic carbocycles. The van der Waals surface area contributed by atoms with E-state index in [4.69, 9.17) is 15.6 Å². The number of nitrogens with zero attached hydrogens (tertiary/aromatic N) is 3. The van der Waals surface area contributed by atoms with Crippen LogP contribution in [0.5, 0.6) is 0 Å². The molecule has 2 amide bonds. The smallest absolute Gasteiger partial charge is 0.316 e. The highest BCUT2D eigenvalue weighted by atomic mass is 19.1. The maximum atomic E-state index is 15.3. The van der Waals surface area contributed by atoms with Crippen molar-refractivity contribution in [2.24, 2.45) is 11.1 Å². The first kappa shape index (κ1) is 26.4. The van der Waals surface area contributed by atoms with Crippen molar-refractivity contribution in [1.29, 1.82) is 0 Å². The molecule has 3 N–H and O–H groups in total. The topological polar surface area (TPSA) is 85.4 Å². The number of hydrogen-bond donors (Lipinski definition) is 2. The van der Waals surface area contributed by atoms with Crippen LogP contribution in [0, 0.1) is 18.2 Å². The van der Waals surface area contributed by atoms with Crippen molar-refractivity contribution in [2.45, 2.75) is 66.5 Å². The van der Waals surface area contributed by atoms with Crippen molar-refractivity contribution >= 4 is 11.7 Å². The summed E-state index contributed by atoms with van der Waals surface area (Å²) in [5.74, 6) is -0.529. The lowest BCUT2D eigenvalue weighted by Crippen LogP contribution is -2.51. The number of aryl methyl sites for hydroxylation is 3. The summed E-state index contributed by atoms with van der Waals surface area (Å²) < 4.78 is 22.9. The monoisotopic (exact) mass is 519 g/mol. The van der Waals surface area contributed by atoms with Gasteiger partial charge in [0, 0.05) is 29.6 Å². The molecule has 0 spiro atoms. The predicted octanol–water partition coefficient (Wildman–Crippen LogP) is 5.69. The largest absolute Gasteiger partial charge is 0.380 e. The van der Waals surface area contributed by atoms with E-state index in [0.29, 0.717) is 6.54 Å². The van der Waals surface area contributed by atoms with E-state index in [1.807, 2.05) is 6.92 Å². The molecular formula is C30H38FN5O2. The van der Waals surface area contributed by atoms with Crippen LogP contribution in [0.3, 0.4) is 0 Å². The van der Waals surface area contributed by atoms with Crippen LogP contribution >= 0.6 is 0 Å². The molecule has 1 aromatic heterocycles. The third-order valence-electron chi connectivity index (χ3n) is 8.18. The fourth-order valence-corrected chi connectivity index (χ4v) is 5.98. The minimum atomic E-state index is -0.794. The number of ether oxygens (including phenoxy) is 1. The van der Waals surface area contributed by atoms with Gasteiger partial charge in [-0.1, -0.05) is 39.0 Å². The summed E-state index contributed by atoms with van der Waals surface area (Å²) in [6.45, 7) is 16.1. The van der Waals surface area contributed by atoms with Gasteiger partial charge in [0.15, 0.2) is 0 Å². The van der Waals surface area contributed by atoms with Crippen molar-refractivity contribution in [2.75, 3.05) is 25.1 Å². The molecule has 0 atom stereocenters. The Labute approximate surface area is 224 Å². The molecule has 2 aliphatic heterocycles. The van der Waals surface area contributed by atoms with Crippen LogP contribution in [-0.4, -0.2) is 40.5 Å². The average Bonchev–Trinajstić information content (AvgIpc) is 3.33. The summed E-state index contributed by atoms with van der Waals surface area (Å²) in [6.07, 6.45) is 1.71. The standard InChI is InChI=1S/C30H38FN5O2/c1-7-19-10-9-11-20(8-2)25(19)36-26(21-13-23(31)24(12-18(21)3)33-28(32)37)22-14-35(15-30(6)16-38-17-30)29(4,5)27(22)34-36/h9-13H,7-8,14-17H2,1-6H3,(H3,32,33,37). The van der Waals surface area contributed by atoms with E-state index in [9.17, 15) is 4.79 Å². The van der Waals surface area contributed by atoms with Gasteiger partial charge in [-0.25, -0.2) is 13.9 Å². The molecule has 0 saturated carbocycles. The van der Waals surface area contributed by atoms with Crippen LogP contribution in [0.4, 0.5) is 14.9 Å². The zero-order valence-corrected chi connectivity index (χ0v) is 23.2. The van der Waals surface area contributed by atoms with Crippen molar-refractivity contribution in [3.63, 3.8) is 0 Å². The molecule has 1 saturated heterocycles. The van der Waals surface area contributed by atoms with Crippen molar-refractivity contribution in [1.82, 2.24) is 14.7 Å². The lowest BCUT2D eigenvalue weighted by Gasteiger charge is -2.44. The number of nitrogens with two attached hydrogens (primary N) is 1. The van der Waals surface area contributed by atoms with E-state index in [-0.39, 0.29) is 16.6 Å². The van der Waals surface area contributed by atoms with Crippen LogP contribution < -0.4 is 11.1 Å². The lowest BCUT2D eigenvalue weighted by molar-refractivity contribution is -0.124. The Morgan fingerprint density at radius 1 is 1.16 bits per heavy atom. The maximum absolute atomic E-state index is 15.3. The van der Waals surface area contributed by atoms with Gasteiger partial charge >= 0.3 is 6.03 Å². The number of carbonyl (C=O) groups excluding carboxylic acids is 1. The highest BCUT2D eigenvalue weighted by molar-refractivity contribution is 5.89. The van der Waals surface area contributed by atoms with Crippen molar-refractivity contribution < 1.29 is 13.9 Å². The van der Waals surface area contributed by atoms with Crippen LogP contribution in [0.15, 0.2) is 30.3 Å². The highest BCUT2D eigenvalue weighted by Gasteiger charge is 2.47. The number of para-hydroxylation sites is 1. The summed E-state index contributed by atoms with van der Waals surface area (Å²) in [4.78, 5) is 13.9. The van der Waals surface area contributed by atoms with Crippen LogP contribution in [0.1, 0.15) is 62.6 Å². The maximum Gasteiger partial charge on any atom is 0.316 e. The Hall–Kier alpha value is -3.23. The molecule has 5 rings (SSSR count). The fraction of sp³-hybridized carbons (Fsp3) is 0.467. The van der Waals surface area contributed by atoms with E-state index in [1.165, 1.54) is 17.2 Å². The number of aromatic nitrogens is 2. The van der Waals surface area contributed by atoms with E-state index in [2.05, 4.69) is 67.7 Å². The van der Waals surface area contributed by atoms with Gasteiger partial charge in [-0.05, 0) is 62.4 Å². The number of halogens is 1. The quantitative estimate of drug-likeness (QED) is 0.420. The molecule has 0 bridgehead atoms. The Morgan fingerprint density at radius 2 is 1.82 bits per heavy atom.